The van der Waals surface area contributed by atoms with E-state index in [2.05, 4.69) is 15.1 Å². The zero-order valence-corrected chi connectivity index (χ0v) is 12.9. The largest absolute Gasteiger partial charge is 0.397 e. The van der Waals surface area contributed by atoms with Gasteiger partial charge in [0.15, 0.2) is 12.0 Å². The lowest BCUT2D eigenvalue weighted by molar-refractivity contribution is -0.738. The van der Waals surface area contributed by atoms with Crippen LogP contribution in [0.3, 0.4) is 0 Å². The molecule has 0 fully saturated rings. The minimum atomic E-state index is -3.16. The molecule has 2 aromatic rings. The van der Waals surface area contributed by atoms with Gasteiger partial charge in [-0.05, 0) is 25.0 Å². The van der Waals surface area contributed by atoms with Crippen LogP contribution >= 0.6 is 7.60 Å². The van der Waals surface area contributed by atoms with Crippen LogP contribution in [-0.2, 0) is 19.9 Å². The quantitative estimate of drug-likeness (QED) is 0.575. The number of aromatic nitrogens is 4. The van der Waals surface area contributed by atoms with Gasteiger partial charge in [-0.15, -0.1) is 0 Å². The fraction of sp³-hybridized carbons (Fsp3) is 0.385. The van der Waals surface area contributed by atoms with Gasteiger partial charge in [0, 0.05) is 24.0 Å². The Morgan fingerprint density at radius 3 is 2.38 bits per heavy atom. The molecule has 0 spiro atoms. The third-order valence-electron chi connectivity index (χ3n) is 2.56. The normalized spacial score (nSPS) is 11.5. The van der Waals surface area contributed by atoms with E-state index in [0.717, 1.165) is 5.56 Å². The van der Waals surface area contributed by atoms with E-state index in [0.29, 0.717) is 19.0 Å². The molecule has 0 radical (unpaired) electrons. The van der Waals surface area contributed by atoms with Gasteiger partial charge in [-0.1, -0.05) is 4.68 Å². The highest BCUT2D eigenvalue weighted by atomic mass is 31.2. The molecule has 2 aromatic heterocycles. The maximum absolute atomic E-state index is 12.4. The molecule has 0 saturated heterocycles. The highest BCUT2D eigenvalue weighted by Crippen LogP contribution is 2.47. The Morgan fingerprint density at radius 2 is 1.86 bits per heavy atom. The van der Waals surface area contributed by atoms with Crippen LogP contribution in [0.15, 0.2) is 36.9 Å². The zero-order valence-electron chi connectivity index (χ0n) is 12.0. The average molecular weight is 309 g/mol. The summed E-state index contributed by atoms with van der Waals surface area (Å²) < 4.78 is 24.4. The Morgan fingerprint density at radius 1 is 1.19 bits per heavy atom. The van der Waals surface area contributed by atoms with Gasteiger partial charge in [0.2, 0.25) is 0 Å². The van der Waals surface area contributed by atoms with Crippen LogP contribution in [0, 0.1) is 0 Å². The van der Waals surface area contributed by atoms with Crippen molar-refractivity contribution in [3.63, 3.8) is 0 Å². The summed E-state index contributed by atoms with van der Waals surface area (Å²) in [5.41, 5.74) is 0.787. The van der Waals surface area contributed by atoms with E-state index in [1.807, 2.05) is 6.07 Å². The molecule has 21 heavy (non-hydrogen) atoms. The molecule has 0 N–H and O–H groups in total. The van der Waals surface area contributed by atoms with Crippen molar-refractivity contribution < 1.29 is 18.3 Å². The van der Waals surface area contributed by atoms with E-state index in [9.17, 15) is 4.57 Å². The van der Waals surface area contributed by atoms with E-state index in [-0.39, 0.29) is 6.29 Å². The van der Waals surface area contributed by atoms with Crippen LogP contribution in [0.2, 0.25) is 0 Å². The van der Waals surface area contributed by atoms with E-state index < -0.39 is 7.60 Å². The number of nitrogens with zero attached hydrogens (tertiary/aromatic N) is 4. The highest BCUT2D eigenvalue weighted by molar-refractivity contribution is 7.52. The molecule has 8 heteroatoms. The van der Waals surface area contributed by atoms with Crippen LogP contribution in [0.5, 0.6) is 0 Å². The van der Waals surface area contributed by atoms with Crippen molar-refractivity contribution in [2.45, 2.75) is 20.1 Å². The predicted molar refractivity (Wildman–Crippen MR) is 76.3 cm³/mol. The monoisotopic (exact) mass is 309 g/mol. The van der Waals surface area contributed by atoms with E-state index in [1.165, 1.54) is 4.68 Å². The van der Waals surface area contributed by atoms with Crippen molar-refractivity contribution in [3.05, 3.63) is 36.9 Å². The maximum atomic E-state index is 12.4. The zero-order chi connectivity index (χ0) is 15.1. The van der Waals surface area contributed by atoms with Gasteiger partial charge in [0.25, 0.3) is 6.29 Å². The molecule has 0 bridgehead atoms. The van der Waals surface area contributed by atoms with E-state index >= 15 is 0 Å². The first kappa shape index (κ1) is 15.7. The summed E-state index contributed by atoms with van der Waals surface area (Å²) in [6.07, 6.45) is 6.74. The van der Waals surface area contributed by atoms with Crippen molar-refractivity contribution in [3.8, 4) is 11.4 Å². The van der Waals surface area contributed by atoms with Gasteiger partial charge in [-0.25, -0.2) is 9.97 Å². The summed E-state index contributed by atoms with van der Waals surface area (Å²) in [5, 5.41) is 4.21. The second kappa shape index (κ2) is 7.36. The summed E-state index contributed by atoms with van der Waals surface area (Å²) >= 11 is 0. The van der Waals surface area contributed by atoms with E-state index in [1.54, 1.807) is 44.7 Å². The highest BCUT2D eigenvalue weighted by Gasteiger charge is 2.30. The summed E-state index contributed by atoms with van der Waals surface area (Å²) in [6, 6.07) is 3.56. The van der Waals surface area contributed by atoms with Crippen molar-refractivity contribution in [2.75, 3.05) is 13.2 Å². The van der Waals surface area contributed by atoms with Crippen molar-refractivity contribution in [1.82, 2.24) is 15.1 Å². The fourth-order valence-corrected chi connectivity index (χ4v) is 3.28. The summed E-state index contributed by atoms with van der Waals surface area (Å²) in [4.78, 5) is 8.30. The van der Waals surface area contributed by atoms with Crippen molar-refractivity contribution >= 4 is 7.60 Å². The van der Waals surface area contributed by atoms with Gasteiger partial charge in [-0.3, -0.25) is 4.57 Å². The second-order valence-electron chi connectivity index (χ2n) is 4.12. The Labute approximate surface area is 123 Å². The molecule has 0 aromatic carbocycles. The third-order valence-corrected chi connectivity index (χ3v) is 4.50. The Bertz CT molecular complexity index is 597. The van der Waals surface area contributed by atoms with Gasteiger partial charge >= 0.3 is 7.60 Å². The molecule has 2 heterocycles. The smallest absolute Gasteiger partial charge is 0.304 e. The van der Waals surface area contributed by atoms with Gasteiger partial charge in [0.1, 0.15) is 6.20 Å². The standard InChI is InChI=1S/C13H18N4O3P/c1-3-19-21(18,20-4-2)11-17-9-6-12(10-16-17)13-14-7-5-8-15-13/h5-10H,3-4,11H2,1-2H3/q+1. The molecule has 0 aliphatic heterocycles. The van der Waals surface area contributed by atoms with Crippen LogP contribution in [-0.4, -0.2) is 28.3 Å². The average Bonchev–Trinajstić information content (AvgIpc) is 2.49. The molecule has 112 valence electrons. The minimum absolute atomic E-state index is 0.0740. The van der Waals surface area contributed by atoms with Crippen molar-refractivity contribution in [1.29, 1.82) is 0 Å². The van der Waals surface area contributed by atoms with Gasteiger partial charge < -0.3 is 9.05 Å². The molecule has 0 aliphatic carbocycles. The van der Waals surface area contributed by atoms with Gasteiger partial charge in [-0.2, -0.15) is 0 Å². The maximum Gasteiger partial charge on any atom is 0.397 e. The molecule has 0 atom stereocenters. The minimum Gasteiger partial charge on any atom is -0.304 e. The number of hydrogen-bond donors (Lipinski definition) is 0. The Kier molecular flexibility index (Phi) is 5.50. The number of rotatable bonds is 7. The number of hydrogen-bond acceptors (Lipinski definition) is 6. The SMILES string of the molecule is CCOP(=O)(C[n+]1ccc(-c2ncccn2)cn1)OCC. The topological polar surface area (TPSA) is 78.1 Å². The van der Waals surface area contributed by atoms with Crippen molar-refractivity contribution in [2.24, 2.45) is 0 Å². The van der Waals surface area contributed by atoms with Crippen LogP contribution < -0.4 is 4.68 Å². The summed E-state index contributed by atoms with van der Waals surface area (Å²) in [6.45, 7) is 4.21. The predicted octanol–water partition coefficient (Wildman–Crippen LogP) is 2.05. The third kappa shape index (κ3) is 4.39. The lowest BCUT2D eigenvalue weighted by Crippen LogP contribution is -2.37. The molecule has 0 aliphatic rings. The summed E-state index contributed by atoms with van der Waals surface area (Å²) in [7, 11) is -3.16. The summed E-state index contributed by atoms with van der Waals surface area (Å²) in [5.74, 6) is 0.593. The molecular weight excluding hydrogens is 291 g/mol. The molecule has 0 unspecified atom stereocenters. The molecule has 2 rings (SSSR count). The van der Waals surface area contributed by atoms with Crippen LogP contribution in [0.25, 0.3) is 11.4 Å². The van der Waals surface area contributed by atoms with Crippen LogP contribution in [0.4, 0.5) is 0 Å². The Hall–Kier alpha value is -1.69. The second-order valence-corrected chi connectivity index (χ2v) is 6.14. The first-order valence-corrected chi connectivity index (χ1v) is 8.41. The molecular formula is C13H18N4O3P+. The molecule has 0 saturated carbocycles. The molecule has 0 amide bonds. The van der Waals surface area contributed by atoms with Crippen LogP contribution in [0.1, 0.15) is 13.8 Å². The first-order chi connectivity index (χ1) is 10.2. The van der Waals surface area contributed by atoms with E-state index in [4.69, 9.17) is 9.05 Å². The lowest BCUT2D eigenvalue weighted by Gasteiger charge is -2.12. The van der Waals surface area contributed by atoms with Gasteiger partial charge in [0.05, 0.1) is 13.2 Å². The fourth-order valence-electron chi connectivity index (χ4n) is 1.74. The first-order valence-electron chi connectivity index (χ1n) is 6.68. The molecule has 7 nitrogen and oxygen atoms in total. The lowest BCUT2D eigenvalue weighted by atomic mass is 10.3. The Balaban J connectivity index is 2.13.